The first-order valence-electron chi connectivity index (χ1n) is 8.28. The zero-order valence-corrected chi connectivity index (χ0v) is 15.0. The molecule has 2 aromatic rings. The molecule has 1 N–H and O–H groups in total. The van der Waals surface area contributed by atoms with Crippen LogP contribution >= 0.6 is 11.6 Å². The molecule has 0 atom stereocenters. The topological polar surface area (TPSA) is 62.1 Å². The summed E-state index contributed by atoms with van der Waals surface area (Å²) in [6, 6.07) is 1.85. The van der Waals surface area contributed by atoms with Gasteiger partial charge in [-0.1, -0.05) is 11.6 Å². The van der Waals surface area contributed by atoms with E-state index in [-0.39, 0.29) is 0 Å². The molecule has 1 aliphatic heterocycles. The van der Waals surface area contributed by atoms with Crippen LogP contribution in [-0.2, 0) is 13.6 Å². The SMILES string of the molecule is Cc1nn(C)c(Cl)c1CNCCN1CCN(c2ncccn2)CC1. The summed E-state index contributed by atoms with van der Waals surface area (Å²) in [5, 5.41) is 8.52. The van der Waals surface area contributed by atoms with Crippen molar-refractivity contribution in [3.05, 3.63) is 34.9 Å². The minimum Gasteiger partial charge on any atom is -0.338 e. The van der Waals surface area contributed by atoms with E-state index in [9.17, 15) is 0 Å². The molecule has 1 fully saturated rings. The van der Waals surface area contributed by atoms with Crippen molar-refractivity contribution in [1.29, 1.82) is 0 Å². The number of rotatable bonds is 6. The molecule has 1 saturated heterocycles. The lowest BCUT2D eigenvalue weighted by atomic mass is 10.2. The van der Waals surface area contributed by atoms with E-state index < -0.39 is 0 Å². The highest BCUT2D eigenvalue weighted by atomic mass is 35.5. The van der Waals surface area contributed by atoms with E-state index in [0.717, 1.165) is 68.2 Å². The number of anilines is 1. The largest absolute Gasteiger partial charge is 0.338 e. The number of nitrogens with one attached hydrogen (secondary N) is 1. The summed E-state index contributed by atoms with van der Waals surface area (Å²) in [7, 11) is 1.87. The molecule has 7 nitrogen and oxygen atoms in total. The Bertz CT molecular complexity index is 650. The average molecular weight is 350 g/mol. The van der Waals surface area contributed by atoms with Gasteiger partial charge in [0.25, 0.3) is 0 Å². The van der Waals surface area contributed by atoms with Crippen molar-refractivity contribution < 1.29 is 0 Å². The molecule has 0 spiro atoms. The molecule has 130 valence electrons. The Morgan fingerprint density at radius 3 is 2.50 bits per heavy atom. The van der Waals surface area contributed by atoms with Crippen molar-refractivity contribution in [3.8, 4) is 0 Å². The predicted octanol–water partition coefficient (Wildman–Crippen LogP) is 1.08. The summed E-state index contributed by atoms with van der Waals surface area (Å²) in [6.45, 7) is 8.73. The Kier molecular flexibility index (Phi) is 5.65. The number of aromatic nitrogens is 4. The van der Waals surface area contributed by atoms with Crippen molar-refractivity contribution in [2.24, 2.45) is 7.05 Å². The van der Waals surface area contributed by atoms with Crippen LogP contribution in [0.3, 0.4) is 0 Å². The van der Waals surface area contributed by atoms with Crippen LogP contribution in [0.25, 0.3) is 0 Å². The van der Waals surface area contributed by atoms with Gasteiger partial charge >= 0.3 is 0 Å². The van der Waals surface area contributed by atoms with E-state index in [1.54, 1.807) is 17.1 Å². The van der Waals surface area contributed by atoms with E-state index in [4.69, 9.17) is 11.6 Å². The second-order valence-electron chi connectivity index (χ2n) is 6.03. The summed E-state index contributed by atoms with van der Waals surface area (Å²) in [5.74, 6) is 0.831. The van der Waals surface area contributed by atoms with Crippen LogP contribution in [0.15, 0.2) is 18.5 Å². The summed E-state index contributed by atoms with van der Waals surface area (Å²) in [6.07, 6.45) is 3.59. The third kappa shape index (κ3) is 4.03. The minimum atomic E-state index is 0.719. The lowest BCUT2D eigenvalue weighted by molar-refractivity contribution is 0.256. The molecular formula is C16H24ClN7. The quantitative estimate of drug-likeness (QED) is 0.788. The molecule has 0 aliphatic carbocycles. The third-order valence-electron chi connectivity index (χ3n) is 4.38. The normalized spacial score (nSPS) is 15.9. The minimum absolute atomic E-state index is 0.719. The summed E-state index contributed by atoms with van der Waals surface area (Å²) in [4.78, 5) is 13.3. The molecule has 2 aromatic heterocycles. The first kappa shape index (κ1) is 17.1. The summed E-state index contributed by atoms with van der Waals surface area (Å²) in [5.41, 5.74) is 2.08. The van der Waals surface area contributed by atoms with Gasteiger partial charge in [0, 0.05) is 70.8 Å². The van der Waals surface area contributed by atoms with Crippen LogP contribution in [0.2, 0.25) is 5.15 Å². The van der Waals surface area contributed by atoms with E-state index in [2.05, 4.69) is 30.2 Å². The molecule has 0 radical (unpaired) electrons. The fourth-order valence-electron chi connectivity index (χ4n) is 2.95. The Hall–Kier alpha value is -1.70. The number of halogens is 1. The van der Waals surface area contributed by atoms with Gasteiger partial charge in [0.15, 0.2) is 0 Å². The standard InChI is InChI=1S/C16H24ClN7/c1-13-14(15(17)22(2)21-13)12-18-6-7-23-8-10-24(11-9-23)16-19-4-3-5-20-16/h3-5,18H,6-12H2,1-2H3. The van der Waals surface area contributed by atoms with Crippen LogP contribution in [0.5, 0.6) is 0 Å². The maximum absolute atomic E-state index is 6.25. The van der Waals surface area contributed by atoms with E-state index in [1.165, 1.54) is 0 Å². The Labute approximate surface area is 147 Å². The van der Waals surface area contributed by atoms with Gasteiger partial charge < -0.3 is 10.2 Å². The monoisotopic (exact) mass is 349 g/mol. The molecule has 0 unspecified atom stereocenters. The maximum Gasteiger partial charge on any atom is 0.225 e. The highest BCUT2D eigenvalue weighted by Gasteiger charge is 2.18. The van der Waals surface area contributed by atoms with Crippen molar-refractivity contribution in [2.45, 2.75) is 13.5 Å². The second-order valence-corrected chi connectivity index (χ2v) is 6.39. The van der Waals surface area contributed by atoms with Gasteiger partial charge in [-0.05, 0) is 13.0 Å². The fraction of sp³-hybridized carbons (Fsp3) is 0.562. The van der Waals surface area contributed by atoms with Gasteiger partial charge in [0.2, 0.25) is 5.95 Å². The van der Waals surface area contributed by atoms with Gasteiger partial charge in [-0.3, -0.25) is 9.58 Å². The van der Waals surface area contributed by atoms with Gasteiger partial charge in [-0.2, -0.15) is 5.10 Å². The van der Waals surface area contributed by atoms with Crippen molar-refractivity contribution >= 4 is 17.5 Å². The number of hydrogen-bond acceptors (Lipinski definition) is 6. The molecule has 24 heavy (non-hydrogen) atoms. The molecule has 0 amide bonds. The highest BCUT2D eigenvalue weighted by Crippen LogP contribution is 2.18. The molecule has 3 heterocycles. The van der Waals surface area contributed by atoms with Gasteiger partial charge in [0.1, 0.15) is 5.15 Å². The second kappa shape index (κ2) is 7.92. The van der Waals surface area contributed by atoms with Crippen LogP contribution in [0.4, 0.5) is 5.95 Å². The summed E-state index contributed by atoms with van der Waals surface area (Å²) < 4.78 is 1.72. The smallest absolute Gasteiger partial charge is 0.225 e. The molecule has 1 aliphatic rings. The lowest BCUT2D eigenvalue weighted by Crippen LogP contribution is -2.48. The third-order valence-corrected chi connectivity index (χ3v) is 4.86. The van der Waals surface area contributed by atoms with E-state index >= 15 is 0 Å². The van der Waals surface area contributed by atoms with E-state index in [0.29, 0.717) is 0 Å². The summed E-state index contributed by atoms with van der Waals surface area (Å²) >= 11 is 6.25. The molecular weight excluding hydrogens is 326 g/mol. The fourth-order valence-corrected chi connectivity index (χ4v) is 3.19. The van der Waals surface area contributed by atoms with Gasteiger partial charge in [0.05, 0.1) is 5.69 Å². The van der Waals surface area contributed by atoms with Crippen molar-refractivity contribution in [3.63, 3.8) is 0 Å². The average Bonchev–Trinajstić information content (AvgIpc) is 2.85. The Morgan fingerprint density at radius 2 is 1.88 bits per heavy atom. The number of nitrogens with zero attached hydrogens (tertiary/aromatic N) is 6. The molecule has 3 rings (SSSR count). The van der Waals surface area contributed by atoms with Crippen molar-refractivity contribution in [1.82, 2.24) is 30.0 Å². The first-order chi connectivity index (χ1) is 11.6. The Morgan fingerprint density at radius 1 is 1.17 bits per heavy atom. The van der Waals surface area contributed by atoms with Crippen LogP contribution < -0.4 is 10.2 Å². The molecule has 8 heteroatoms. The van der Waals surface area contributed by atoms with Crippen LogP contribution in [0.1, 0.15) is 11.3 Å². The predicted molar refractivity (Wildman–Crippen MR) is 95.3 cm³/mol. The maximum atomic E-state index is 6.25. The molecule has 0 saturated carbocycles. The Balaban J connectivity index is 1.38. The van der Waals surface area contributed by atoms with Gasteiger partial charge in [-0.15, -0.1) is 0 Å². The molecule has 0 aromatic carbocycles. The number of hydrogen-bond donors (Lipinski definition) is 1. The zero-order valence-electron chi connectivity index (χ0n) is 14.2. The first-order valence-corrected chi connectivity index (χ1v) is 8.66. The number of aryl methyl sites for hydroxylation is 2. The highest BCUT2D eigenvalue weighted by molar-refractivity contribution is 6.30. The molecule has 0 bridgehead atoms. The van der Waals surface area contributed by atoms with Crippen LogP contribution in [0, 0.1) is 6.92 Å². The van der Waals surface area contributed by atoms with Crippen molar-refractivity contribution in [2.75, 3.05) is 44.2 Å². The van der Waals surface area contributed by atoms with E-state index in [1.807, 2.05) is 20.0 Å². The lowest BCUT2D eigenvalue weighted by Gasteiger charge is -2.34. The van der Waals surface area contributed by atoms with Crippen LogP contribution in [-0.4, -0.2) is 63.9 Å². The zero-order chi connectivity index (χ0) is 16.9. The van der Waals surface area contributed by atoms with Gasteiger partial charge in [-0.25, -0.2) is 9.97 Å². The number of piperazine rings is 1.